The maximum Gasteiger partial charge on any atom is 0.266 e. The van der Waals surface area contributed by atoms with E-state index >= 15 is 0 Å². The highest BCUT2D eigenvalue weighted by molar-refractivity contribution is 7.71. The maximum absolute atomic E-state index is 13.3. The molecule has 32 heavy (non-hydrogen) atoms. The molecule has 164 valence electrons. The average molecular weight is 450 g/mol. The van der Waals surface area contributed by atoms with Crippen LogP contribution in [0, 0.1) is 25.5 Å². The number of nitrogens with one attached hydrogen (secondary N) is 2. The minimum Gasteiger partial charge on any atom is -0.340 e. The van der Waals surface area contributed by atoms with E-state index in [1.165, 1.54) is 4.57 Å². The lowest BCUT2D eigenvalue weighted by atomic mass is 10.0. The van der Waals surface area contributed by atoms with Crippen LogP contribution < -0.4 is 10.9 Å². The van der Waals surface area contributed by atoms with Crippen molar-refractivity contribution >= 4 is 29.0 Å². The van der Waals surface area contributed by atoms with Crippen LogP contribution in [0.2, 0.25) is 0 Å². The summed E-state index contributed by atoms with van der Waals surface area (Å²) in [6.07, 6.45) is 0. The highest BCUT2D eigenvalue weighted by atomic mass is 32.1. The van der Waals surface area contributed by atoms with Gasteiger partial charge in [-0.1, -0.05) is 17.3 Å². The molecular weight excluding hydrogens is 426 g/mol. The Kier molecular flexibility index (Phi) is 5.29. The van der Waals surface area contributed by atoms with Gasteiger partial charge in [-0.15, -0.1) is 0 Å². The molecule has 0 aliphatic rings. The second kappa shape index (κ2) is 7.83. The summed E-state index contributed by atoms with van der Waals surface area (Å²) in [6, 6.07) is 10.6. The van der Waals surface area contributed by atoms with Crippen molar-refractivity contribution in [2.45, 2.75) is 40.2 Å². The average Bonchev–Trinajstić information content (AvgIpc) is 3.18. The van der Waals surface area contributed by atoms with Gasteiger partial charge in [0, 0.05) is 12.5 Å². The molecule has 0 spiro atoms. The van der Waals surface area contributed by atoms with E-state index in [2.05, 4.69) is 20.4 Å². The molecule has 0 bridgehead atoms. The Morgan fingerprint density at radius 2 is 1.94 bits per heavy atom. The van der Waals surface area contributed by atoms with E-state index in [1.54, 1.807) is 39.0 Å². The number of fused-ring (bicyclic) bond motifs is 1. The number of nitrogens with zero attached hydrogens (tertiary/aromatic N) is 3. The fourth-order valence-corrected chi connectivity index (χ4v) is 3.81. The van der Waals surface area contributed by atoms with E-state index in [0.29, 0.717) is 28.2 Å². The Labute approximate surface area is 189 Å². The number of carbonyl (C=O) groups excluding carboxylic acids is 1. The highest BCUT2D eigenvalue weighted by Gasteiger charge is 2.28. The van der Waals surface area contributed by atoms with Crippen LogP contribution >= 0.6 is 12.2 Å². The molecule has 0 fully saturated rings. The molecule has 4 rings (SSSR count). The van der Waals surface area contributed by atoms with E-state index in [9.17, 15) is 9.59 Å². The number of benzene rings is 2. The van der Waals surface area contributed by atoms with E-state index in [1.807, 2.05) is 32.0 Å². The molecule has 0 aliphatic heterocycles. The number of aromatic amines is 1. The number of H-pyrrole nitrogens is 1. The van der Waals surface area contributed by atoms with Crippen LogP contribution in [0.15, 0.2) is 45.7 Å². The predicted octanol–water partition coefficient (Wildman–Crippen LogP) is 4.02. The van der Waals surface area contributed by atoms with E-state index in [-0.39, 0.29) is 16.2 Å². The van der Waals surface area contributed by atoms with Crippen molar-refractivity contribution in [3.05, 3.63) is 79.9 Å². The minimum absolute atomic E-state index is 0.244. The van der Waals surface area contributed by atoms with Crippen molar-refractivity contribution in [1.82, 2.24) is 25.0 Å². The van der Waals surface area contributed by atoms with E-state index in [0.717, 1.165) is 16.8 Å². The lowest BCUT2D eigenvalue weighted by Crippen LogP contribution is -2.41. The zero-order valence-electron chi connectivity index (χ0n) is 18.4. The lowest BCUT2D eigenvalue weighted by Gasteiger charge is -2.22. The van der Waals surface area contributed by atoms with E-state index < -0.39 is 5.54 Å². The smallest absolute Gasteiger partial charge is 0.266 e. The van der Waals surface area contributed by atoms with Gasteiger partial charge in [0.25, 0.3) is 11.5 Å². The van der Waals surface area contributed by atoms with Gasteiger partial charge in [0.1, 0.15) is 0 Å². The van der Waals surface area contributed by atoms with Crippen molar-refractivity contribution in [2.24, 2.45) is 0 Å². The molecule has 0 aliphatic carbocycles. The third-order valence-electron chi connectivity index (χ3n) is 5.49. The maximum atomic E-state index is 13.3. The Hall–Kier alpha value is -3.59. The van der Waals surface area contributed by atoms with Crippen LogP contribution in [0.3, 0.4) is 0 Å². The monoisotopic (exact) mass is 449 g/mol. The summed E-state index contributed by atoms with van der Waals surface area (Å²) in [4.78, 5) is 33.5. The number of amides is 1. The van der Waals surface area contributed by atoms with Crippen molar-refractivity contribution in [3.63, 3.8) is 0 Å². The summed E-state index contributed by atoms with van der Waals surface area (Å²) in [5.74, 6) is 0.457. The predicted molar refractivity (Wildman–Crippen MR) is 124 cm³/mol. The van der Waals surface area contributed by atoms with Gasteiger partial charge in [-0.05, 0) is 75.3 Å². The molecule has 0 saturated heterocycles. The lowest BCUT2D eigenvalue weighted by molar-refractivity contribution is 0.0907. The normalized spacial score (nSPS) is 11.7. The third-order valence-corrected chi connectivity index (χ3v) is 5.77. The first-order valence-electron chi connectivity index (χ1n) is 10.1. The molecule has 0 radical (unpaired) electrons. The summed E-state index contributed by atoms with van der Waals surface area (Å²) in [6.45, 7) is 9.19. The van der Waals surface area contributed by atoms with Gasteiger partial charge in [0.2, 0.25) is 5.89 Å². The summed E-state index contributed by atoms with van der Waals surface area (Å²) >= 11 is 5.49. The number of aromatic nitrogens is 4. The number of rotatable bonds is 4. The quantitative estimate of drug-likeness (QED) is 0.456. The van der Waals surface area contributed by atoms with Crippen LogP contribution in [0.1, 0.15) is 47.0 Å². The Morgan fingerprint density at radius 3 is 2.62 bits per heavy atom. The first-order valence-corrected chi connectivity index (χ1v) is 10.5. The molecule has 4 aromatic rings. The molecule has 8 nitrogen and oxygen atoms in total. The van der Waals surface area contributed by atoms with Crippen molar-refractivity contribution in [2.75, 3.05) is 0 Å². The highest BCUT2D eigenvalue weighted by Crippen LogP contribution is 2.20. The van der Waals surface area contributed by atoms with Gasteiger partial charge < -0.3 is 14.8 Å². The van der Waals surface area contributed by atoms with Gasteiger partial charge in [0.05, 0.1) is 22.1 Å². The van der Waals surface area contributed by atoms with Crippen molar-refractivity contribution in [1.29, 1.82) is 0 Å². The molecule has 0 saturated carbocycles. The fraction of sp³-hybridized carbons (Fsp3) is 0.261. The molecule has 2 heterocycles. The Bertz CT molecular complexity index is 1480. The molecule has 1 amide bonds. The Morgan fingerprint density at radius 1 is 1.19 bits per heavy atom. The Balaban J connectivity index is 1.74. The topological polar surface area (TPSA) is 106 Å². The van der Waals surface area contributed by atoms with Gasteiger partial charge >= 0.3 is 0 Å². The number of hydrogen-bond donors (Lipinski definition) is 2. The largest absolute Gasteiger partial charge is 0.340 e. The summed E-state index contributed by atoms with van der Waals surface area (Å²) in [5, 5.41) is 7.23. The second-order valence-electron chi connectivity index (χ2n) is 8.27. The van der Waals surface area contributed by atoms with Crippen molar-refractivity contribution in [3.8, 4) is 5.69 Å². The third kappa shape index (κ3) is 3.75. The number of aryl methyl sites for hydroxylation is 2. The van der Waals surface area contributed by atoms with Gasteiger partial charge in [0.15, 0.2) is 10.6 Å². The molecule has 9 heteroatoms. The van der Waals surface area contributed by atoms with Gasteiger partial charge in [-0.2, -0.15) is 4.98 Å². The molecule has 2 N–H and O–H groups in total. The summed E-state index contributed by atoms with van der Waals surface area (Å²) in [5.41, 5.74) is 2.55. The minimum atomic E-state index is -0.844. The van der Waals surface area contributed by atoms with Crippen LogP contribution in [-0.4, -0.2) is 25.6 Å². The number of hydrogen-bond acceptors (Lipinski definition) is 6. The SMILES string of the molecule is Cc1nc(C(C)(C)NC(=O)c2ccc3c(=O)n(-c4cccc(C)c4C)c(=S)[nH]c3c2)no1. The first kappa shape index (κ1) is 21.6. The molecule has 0 atom stereocenters. The first-order chi connectivity index (χ1) is 15.1. The van der Waals surface area contributed by atoms with Crippen LogP contribution in [0.5, 0.6) is 0 Å². The molecule has 0 unspecified atom stereocenters. The summed E-state index contributed by atoms with van der Waals surface area (Å²) in [7, 11) is 0. The van der Waals surface area contributed by atoms with E-state index in [4.69, 9.17) is 16.7 Å². The molecule has 2 aromatic heterocycles. The van der Waals surface area contributed by atoms with Crippen LogP contribution in [0.25, 0.3) is 16.6 Å². The summed E-state index contributed by atoms with van der Waals surface area (Å²) < 4.78 is 6.77. The van der Waals surface area contributed by atoms with Crippen LogP contribution in [0.4, 0.5) is 0 Å². The van der Waals surface area contributed by atoms with Crippen molar-refractivity contribution < 1.29 is 9.32 Å². The standard InChI is InChI=1S/C23H23N5O3S/c1-12-7-6-8-18(13(12)2)28-20(30)16-10-9-15(11-17(16)25-22(28)32)19(29)26-23(4,5)21-24-14(3)31-27-21/h6-11H,1-5H3,(H,25,32)(H,26,29). The van der Waals surface area contributed by atoms with Gasteiger partial charge in [-0.3, -0.25) is 14.2 Å². The molecular formula is C23H23N5O3S. The zero-order valence-corrected chi connectivity index (χ0v) is 19.3. The van der Waals surface area contributed by atoms with Gasteiger partial charge in [-0.25, -0.2) is 0 Å². The number of carbonyl (C=O) groups is 1. The zero-order chi connectivity index (χ0) is 23.2. The van der Waals surface area contributed by atoms with Crippen LogP contribution in [-0.2, 0) is 5.54 Å². The second-order valence-corrected chi connectivity index (χ2v) is 8.65. The fourth-order valence-electron chi connectivity index (χ4n) is 3.52. The molecule has 2 aromatic carbocycles.